The summed E-state index contributed by atoms with van der Waals surface area (Å²) >= 11 is 0. The lowest BCUT2D eigenvalue weighted by Crippen LogP contribution is -2.15. The molecule has 1 rings (SSSR count). The summed E-state index contributed by atoms with van der Waals surface area (Å²) in [4.78, 5) is 32.3. The van der Waals surface area contributed by atoms with E-state index in [4.69, 9.17) is 5.11 Å². The Morgan fingerprint density at radius 3 is 2.53 bits per heavy atom. The van der Waals surface area contributed by atoms with E-state index in [2.05, 4.69) is 0 Å². The predicted molar refractivity (Wildman–Crippen MR) is 58.8 cm³/mol. The summed E-state index contributed by atoms with van der Waals surface area (Å²) in [6.45, 7) is 1.38. The fraction of sp³-hybridized carbons (Fsp3) is 0.273. The quantitative estimate of drug-likeness (QED) is 0.479. The molecule has 1 atom stereocenters. The molecule has 1 unspecified atom stereocenters. The van der Waals surface area contributed by atoms with Gasteiger partial charge in [0, 0.05) is 12.5 Å². The van der Waals surface area contributed by atoms with Crippen molar-refractivity contribution >= 4 is 17.4 Å². The maximum Gasteiger partial charge on any atom is 0.306 e. The van der Waals surface area contributed by atoms with Gasteiger partial charge in [-0.15, -0.1) is 0 Å². The van der Waals surface area contributed by atoms with Crippen molar-refractivity contribution in [1.29, 1.82) is 0 Å². The van der Waals surface area contributed by atoms with Crippen molar-refractivity contribution in [3.8, 4) is 0 Å². The molecule has 1 N–H and O–H groups in total. The molecule has 6 nitrogen and oxygen atoms in total. The number of nitro groups is 1. The van der Waals surface area contributed by atoms with E-state index in [0.29, 0.717) is 0 Å². The Morgan fingerprint density at radius 2 is 2.00 bits per heavy atom. The van der Waals surface area contributed by atoms with Gasteiger partial charge in [-0.1, -0.05) is 19.1 Å². The Kier molecular flexibility index (Phi) is 3.92. The van der Waals surface area contributed by atoms with Crippen LogP contribution < -0.4 is 0 Å². The van der Waals surface area contributed by atoms with Crippen molar-refractivity contribution in [2.45, 2.75) is 13.3 Å². The number of carboxylic acids is 1. The third-order valence-electron chi connectivity index (χ3n) is 2.31. The minimum absolute atomic E-state index is 0.0504. The molecule has 1 aromatic rings. The van der Waals surface area contributed by atoms with E-state index in [9.17, 15) is 19.7 Å². The van der Waals surface area contributed by atoms with Crippen LogP contribution in [0.2, 0.25) is 0 Å². The standard InChI is InChI=1S/C11H11NO5/c1-7(11(14)15)6-10(13)8-4-2-3-5-9(8)12(16)17/h2-5,7H,6H2,1H3,(H,14,15). The first-order valence-electron chi connectivity index (χ1n) is 4.93. The molecule has 17 heavy (non-hydrogen) atoms. The van der Waals surface area contributed by atoms with Crippen LogP contribution in [0.5, 0.6) is 0 Å². The highest BCUT2D eigenvalue weighted by molar-refractivity contribution is 6.01. The summed E-state index contributed by atoms with van der Waals surface area (Å²) < 4.78 is 0. The molecule has 0 bridgehead atoms. The zero-order valence-electron chi connectivity index (χ0n) is 9.12. The normalized spacial score (nSPS) is 11.8. The molecule has 0 aliphatic heterocycles. The van der Waals surface area contributed by atoms with Crippen LogP contribution in [0.25, 0.3) is 0 Å². The van der Waals surface area contributed by atoms with E-state index in [1.165, 1.54) is 31.2 Å². The van der Waals surface area contributed by atoms with Gasteiger partial charge in [0.1, 0.15) is 0 Å². The van der Waals surface area contributed by atoms with Gasteiger partial charge in [-0.25, -0.2) is 0 Å². The average molecular weight is 237 g/mol. The molecule has 0 heterocycles. The Hall–Kier alpha value is -2.24. The Morgan fingerprint density at radius 1 is 1.41 bits per heavy atom. The van der Waals surface area contributed by atoms with Crippen molar-refractivity contribution in [3.05, 3.63) is 39.9 Å². The minimum Gasteiger partial charge on any atom is -0.481 e. The number of rotatable bonds is 5. The second-order valence-electron chi connectivity index (χ2n) is 3.64. The lowest BCUT2D eigenvalue weighted by Gasteiger charge is -2.05. The number of ketones is 1. The van der Waals surface area contributed by atoms with Gasteiger partial charge in [0.25, 0.3) is 5.69 Å². The molecule has 0 radical (unpaired) electrons. The number of aliphatic carboxylic acids is 1. The second-order valence-corrected chi connectivity index (χ2v) is 3.64. The fourth-order valence-electron chi connectivity index (χ4n) is 1.34. The topological polar surface area (TPSA) is 97.5 Å². The average Bonchev–Trinajstić information content (AvgIpc) is 2.28. The predicted octanol–water partition coefficient (Wildman–Crippen LogP) is 1.89. The van der Waals surface area contributed by atoms with E-state index >= 15 is 0 Å². The van der Waals surface area contributed by atoms with E-state index in [1.807, 2.05) is 0 Å². The maximum atomic E-state index is 11.7. The van der Waals surface area contributed by atoms with Gasteiger partial charge < -0.3 is 5.11 Å². The van der Waals surface area contributed by atoms with Gasteiger partial charge in [0.2, 0.25) is 0 Å². The SMILES string of the molecule is CC(CC(=O)c1ccccc1[N+](=O)[O-])C(=O)O. The van der Waals surface area contributed by atoms with Gasteiger partial charge in [0.15, 0.2) is 5.78 Å². The Balaban J connectivity index is 2.97. The van der Waals surface area contributed by atoms with Crippen LogP contribution in [0, 0.1) is 16.0 Å². The number of carbonyl (C=O) groups excluding carboxylic acids is 1. The fourth-order valence-corrected chi connectivity index (χ4v) is 1.34. The van der Waals surface area contributed by atoms with E-state index < -0.39 is 22.6 Å². The van der Waals surface area contributed by atoms with Crippen LogP contribution in [-0.4, -0.2) is 21.8 Å². The summed E-state index contributed by atoms with van der Waals surface area (Å²) in [6.07, 6.45) is -0.250. The summed E-state index contributed by atoms with van der Waals surface area (Å²) in [5, 5.41) is 19.4. The summed E-state index contributed by atoms with van der Waals surface area (Å²) in [6, 6.07) is 5.51. The third-order valence-corrected chi connectivity index (χ3v) is 2.31. The highest BCUT2D eigenvalue weighted by Crippen LogP contribution is 2.20. The summed E-state index contributed by atoms with van der Waals surface area (Å²) in [7, 11) is 0. The van der Waals surface area contributed by atoms with E-state index in [1.54, 1.807) is 0 Å². The number of carboxylic acid groups (broad SMARTS) is 1. The molecule has 0 aliphatic rings. The largest absolute Gasteiger partial charge is 0.481 e. The number of nitro benzene ring substituents is 1. The van der Waals surface area contributed by atoms with Crippen LogP contribution in [0.1, 0.15) is 23.7 Å². The van der Waals surface area contributed by atoms with Crippen LogP contribution in [-0.2, 0) is 4.79 Å². The maximum absolute atomic E-state index is 11.7. The highest BCUT2D eigenvalue weighted by Gasteiger charge is 2.23. The van der Waals surface area contributed by atoms with E-state index in [0.717, 1.165) is 0 Å². The molecule has 0 aliphatic carbocycles. The molecule has 0 aromatic heterocycles. The molecule has 6 heteroatoms. The summed E-state index contributed by atoms with van der Waals surface area (Å²) in [5.74, 6) is -2.49. The van der Waals surface area contributed by atoms with Gasteiger partial charge in [-0.05, 0) is 6.07 Å². The van der Waals surface area contributed by atoms with Gasteiger partial charge >= 0.3 is 5.97 Å². The first-order valence-corrected chi connectivity index (χ1v) is 4.93. The van der Waals surface area contributed by atoms with Gasteiger partial charge in [-0.3, -0.25) is 19.7 Å². The molecule has 0 fully saturated rings. The number of nitrogens with zero attached hydrogens (tertiary/aromatic N) is 1. The first-order chi connectivity index (χ1) is 7.93. The number of Topliss-reactive ketones (excluding diaryl/α,β-unsaturated/α-hetero) is 1. The highest BCUT2D eigenvalue weighted by atomic mass is 16.6. The number of hydrogen-bond donors (Lipinski definition) is 1. The Labute approximate surface area is 97.0 Å². The van der Waals surface area contributed by atoms with Crippen molar-refractivity contribution in [3.63, 3.8) is 0 Å². The number of benzene rings is 1. The van der Waals surface area contributed by atoms with Crippen molar-refractivity contribution in [1.82, 2.24) is 0 Å². The van der Waals surface area contributed by atoms with Gasteiger partial charge in [0.05, 0.1) is 16.4 Å². The third kappa shape index (κ3) is 3.10. The zero-order chi connectivity index (χ0) is 13.0. The Bertz CT molecular complexity index is 469. The number of para-hydroxylation sites is 1. The smallest absolute Gasteiger partial charge is 0.306 e. The molecule has 0 saturated heterocycles. The zero-order valence-corrected chi connectivity index (χ0v) is 9.12. The van der Waals surface area contributed by atoms with Crippen molar-refractivity contribution < 1.29 is 19.6 Å². The molecule has 0 saturated carbocycles. The van der Waals surface area contributed by atoms with Crippen molar-refractivity contribution in [2.75, 3.05) is 0 Å². The van der Waals surface area contributed by atoms with Crippen LogP contribution in [0.3, 0.4) is 0 Å². The number of carbonyl (C=O) groups is 2. The summed E-state index contributed by atoms with van der Waals surface area (Å²) in [5.41, 5.74) is -0.347. The van der Waals surface area contributed by atoms with Crippen LogP contribution in [0.15, 0.2) is 24.3 Å². The lowest BCUT2D eigenvalue weighted by atomic mass is 9.99. The van der Waals surface area contributed by atoms with Gasteiger partial charge in [-0.2, -0.15) is 0 Å². The second kappa shape index (κ2) is 5.20. The molecule has 0 amide bonds. The van der Waals surface area contributed by atoms with Crippen LogP contribution >= 0.6 is 0 Å². The first kappa shape index (κ1) is 12.8. The molecular weight excluding hydrogens is 226 g/mol. The molecule has 90 valence electrons. The minimum atomic E-state index is -1.10. The molecule has 0 spiro atoms. The number of hydrogen-bond acceptors (Lipinski definition) is 4. The lowest BCUT2D eigenvalue weighted by molar-refractivity contribution is -0.385. The van der Waals surface area contributed by atoms with Crippen molar-refractivity contribution in [2.24, 2.45) is 5.92 Å². The van der Waals surface area contributed by atoms with E-state index in [-0.39, 0.29) is 17.7 Å². The molecule has 1 aromatic carbocycles. The molecular formula is C11H11NO5. The monoisotopic (exact) mass is 237 g/mol. The van der Waals surface area contributed by atoms with Crippen LogP contribution in [0.4, 0.5) is 5.69 Å².